The third-order valence-electron chi connectivity index (χ3n) is 5.42. The maximum Gasteiger partial charge on any atom is 0.534 e. The first kappa shape index (κ1) is 26.1. The van der Waals surface area contributed by atoms with Crippen molar-refractivity contribution in [3.8, 4) is 11.8 Å². The van der Waals surface area contributed by atoms with Crippen LogP contribution in [0, 0.1) is 6.92 Å². The minimum Gasteiger partial charge on any atom is -0.475 e. The van der Waals surface area contributed by atoms with Gasteiger partial charge in [0.15, 0.2) is 8.32 Å². The summed E-state index contributed by atoms with van der Waals surface area (Å²) in [6, 6.07) is 2.55. The number of rotatable bonds is 7. The molecule has 0 aliphatic rings. The van der Waals surface area contributed by atoms with Crippen molar-refractivity contribution < 1.29 is 34.9 Å². The molecule has 180 valence electrons. The lowest BCUT2D eigenvalue weighted by Gasteiger charge is -2.36. The molecule has 0 fully saturated rings. The summed E-state index contributed by atoms with van der Waals surface area (Å²) in [7, 11) is -6.64. The van der Waals surface area contributed by atoms with Crippen LogP contribution in [0.3, 0.4) is 0 Å². The highest BCUT2D eigenvalue weighted by molar-refractivity contribution is 7.88. The van der Waals surface area contributed by atoms with Crippen molar-refractivity contribution >= 4 is 29.3 Å². The largest absolute Gasteiger partial charge is 0.534 e. The van der Waals surface area contributed by atoms with Gasteiger partial charge in [-0.1, -0.05) is 20.8 Å². The zero-order chi connectivity index (χ0) is 24.7. The molecular formula is C19H27F3N2O6SSi. The van der Waals surface area contributed by atoms with Crippen molar-refractivity contribution in [3.05, 3.63) is 28.0 Å². The van der Waals surface area contributed by atoms with Gasteiger partial charge in [-0.05, 0) is 31.1 Å². The van der Waals surface area contributed by atoms with Crippen LogP contribution in [0.25, 0.3) is 10.9 Å². The van der Waals surface area contributed by atoms with Crippen molar-refractivity contribution in [3.63, 3.8) is 0 Å². The van der Waals surface area contributed by atoms with Crippen molar-refractivity contribution in [2.45, 2.75) is 51.3 Å². The van der Waals surface area contributed by atoms with Gasteiger partial charge in [0.25, 0.3) is 5.56 Å². The van der Waals surface area contributed by atoms with E-state index in [4.69, 9.17) is 9.16 Å². The van der Waals surface area contributed by atoms with Gasteiger partial charge < -0.3 is 17.9 Å². The second-order valence-electron chi connectivity index (χ2n) is 8.83. The Morgan fingerprint density at radius 1 is 1.12 bits per heavy atom. The van der Waals surface area contributed by atoms with Crippen molar-refractivity contribution in [1.29, 1.82) is 0 Å². The molecule has 0 aliphatic carbocycles. The Morgan fingerprint density at radius 2 is 1.72 bits per heavy atom. The van der Waals surface area contributed by atoms with Crippen LogP contribution < -0.4 is 14.5 Å². The number of ether oxygens (including phenoxy) is 1. The first-order chi connectivity index (χ1) is 14.4. The molecule has 13 heteroatoms. The first-order valence-electron chi connectivity index (χ1n) is 9.66. The van der Waals surface area contributed by atoms with E-state index in [1.165, 1.54) is 26.1 Å². The second-order valence-corrected chi connectivity index (χ2v) is 15.2. The summed E-state index contributed by atoms with van der Waals surface area (Å²) in [6.07, 6.45) is 0. The van der Waals surface area contributed by atoms with Gasteiger partial charge in [0, 0.05) is 18.7 Å². The average molecular weight is 497 g/mol. The quantitative estimate of drug-likeness (QED) is 0.248. The molecule has 32 heavy (non-hydrogen) atoms. The number of hydrogen-bond donors (Lipinski definition) is 0. The molecule has 2 aromatic rings. The summed E-state index contributed by atoms with van der Waals surface area (Å²) in [5.41, 5.74) is -5.79. The van der Waals surface area contributed by atoms with E-state index in [0.29, 0.717) is 0 Å². The van der Waals surface area contributed by atoms with E-state index in [2.05, 4.69) is 29.9 Å². The summed E-state index contributed by atoms with van der Waals surface area (Å²) in [5, 5.41) is -0.112. The van der Waals surface area contributed by atoms with Crippen LogP contribution in [0.15, 0.2) is 16.9 Å². The molecule has 2 aromatic heterocycles. The number of pyridine rings is 2. The minimum atomic E-state index is -5.98. The van der Waals surface area contributed by atoms with Crippen LogP contribution in [0.4, 0.5) is 13.2 Å². The molecule has 0 saturated carbocycles. The third-order valence-corrected chi connectivity index (χ3v) is 10.9. The highest BCUT2D eigenvalue weighted by atomic mass is 32.2. The van der Waals surface area contributed by atoms with Gasteiger partial charge in [0.1, 0.15) is 6.61 Å². The molecular weight excluding hydrogens is 469 g/mol. The second kappa shape index (κ2) is 8.67. The molecule has 0 amide bonds. The van der Waals surface area contributed by atoms with E-state index in [1.54, 1.807) is 0 Å². The van der Waals surface area contributed by atoms with Gasteiger partial charge in [-0.2, -0.15) is 26.6 Å². The zero-order valence-electron chi connectivity index (χ0n) is 19.0. The lowest BCUT2D eigenvalue weighted by Crippen LogP contribution is -2.41. The van der Waals surface area contributed by atoms with E-state index in [1.807, 2.05) is 13.1 Å². The highest BCUT2D eigenvalue weighted by Crippen LogP contribution is 2.36. The number of halogens is 3. The van der Waals surface area contributed by atoms with Gasteiger partial charge in [0.2, 0.25) is 11.8 Å². The maximum absolute atomic E-state index is 12.9. The van der Waals surface area contributed by atoms with Gasteiger partial charge in [-0.3, -0.25) is 4.79 Å². The van der Waals surface area contributed by atoms with Crippen LogP contribution in [0.5, 0.6) is 11.8 Å². The smallest absolute Gasteiger partial charge is 0.475 e. The molecule has 0 saturated heterocycles. The molecule has 0 bridgehead atoms. The molecule has 0 spiro atoms. The fourth-order valence-corrected chi connectivity index (χ4v) is 3.97. The first-order valence-corrected chi connectivity index (χ1v) is 14.0. The maximum atomic E-state index is 12.9. The zero-order valence-corrected chi connectivity index (χ0v) is 20.8. The molecule has 0 aliphatic heterocycles. The Balaban J connectivity index is 2.42. The number of aromatic nitrogens is 2. The third kappa shape index (κ3) is 5.43. The van der Waals surface area contributed by atoms with Gasteiger partial charge in [0.05, 0.1) is 17.5 Å². The Bertz CT molecular complexity index is 1170. The number of hydrogen-bond acceptors (Lipinski definition) is 7. The Hall–Kier alpha value is -2.12. The summed E-state index contributed by atoms with van der Waals surface area (Å²) in [5.74, 6) is -1.04. The Morgan fingerprint density at radius 3 is 2.25 bits per heavy atom. The summed E-state index contributed by atoms with van der Waals surface area (Å²) in [6.45, 7) is 11.9. The summed E-state index contributed by atoms with van der Waals surface area (Å²) in [4.78, 5) is 16.1. The van der Waals surface area contributed by atoms with E-state index in [0.717, 1.165) is 4.57 Å². The lowest BCUT2D eigenvalue weighted by atomic mass is 10.2. The monoisotopic (exact) mass is 496 g/mol. The lowest BCUT2D eigenvalue weighted by molar-refractivity contribution is -0.0501. The molecule has 0 N–H and O–H groups in total. The van der Waals surface area contributed by atoms with Crippen LogP contribution in [0.2, 0.25) is 18.1 Å². The van der Waals surface area contributed by atoms with Crippen LogP contribution in [-0.2, 0) is 21.6 Å². The van der Waals surface area contributed by atoms with Crippen LogP contribution in [-0.4, -0.2) is 45.0 Å². The Labute approximate surface area is 185 Å². The van der Waals surface area contributed by atoms with E-state index >= 15 is 0 Å². The topological polar surface area (TPSA) is 96.7 Å². The number of aryl methyl sites for hydroxylation is 2. The van der Waals surface area contributed by atoms with Crippen LogP contribution in [0.1, 0.15) is 26.3 Å². The SMILES string of the molecule is Cc1cc2c(OS(=O)(=O)C(F)(F)F)nc(OCCO[Si](C)(C)C(C)(C)C)cc2n(C)c1=O. The number of nitrogens with zero attached hydrogens (tertiary/aromatic N) is 2. The molecule has 0 unspecified atom stereocenters. The fraction of sp³-hybridized carbons (Fsp3) is 0.579. The van der Waals surface area contributed by atoms with E-state index < -0.39 is 35.4 Å². The standard InChI is InChI=1S/C19H27F3N2O6SSi/c1-12-10-13-14(24(5)17(12)25)11-15(23-16(13)30-31(26,27)19(20,21)22)28-8-9-29-32(6,7)18(2,3)4/h10-11H,8-9H2,1-7H3. The number of alkyl halides is 3. The summed E-state index contributed by atoms with van der Waals surface area (Å²) >= 11 is 0. The molecule has 0 aromatic carbocycles. The number of fused-ring (bicyclic) bond motifs is 1. The average Bonchev–Trinajstić information content (AvgIpc) is 2.62. The van der Waals surface area contributed by atoms with E-state index in [9.17, 15) is 26.4 Å². The van der Waals surface area contributed by atoms with Gasteiger partial charge in [-0.15, -0.1) is 0 Å². The molecule has 0 radical (unpaired) electrons. The fourth-order valence-electron chi connectivity index (χ4n) is 2.51. The van der Waals surface area contributed by atoms with Gasteiger partial charge >= 0.3 is 15.6 Å². The van der Waals surface area contributed by atoms with Crippen molar-refractivity contribution in [2.75, 3.05) is 13.2 Å². The van der Waals surface area contributed by atoms with Gasteiger partial charge in [-0.25, -0.2) is 0 Å². The normalized spacial score (nSPS) is 13.4. The predicted octanol–water partition coefficient (Wildman–Crippen LogP) is 3.87. The summed E-state index contributed by atoms with van der Waals surface area (Å²) < 4.78 is 78.6. The van der Waals surface area contributed by atoms with Crippen LogP contribution >= 0.6 is 0 Å². The molecule has 8 nitrogen and oxygen atoms in total. The molecule has 2 heterocycles. The predicted molar refractivity (Wildman–Crippen MR) is 116 cm³/mol. The van der Waals surface area contributed by atoms with E-state index in [-0.39, 0.29) is 40.6 Å². The highest BCUT2D eigenvalue weighted by Gasteiger charge is 2.49. The Kier molecular flexibility index (Phi) is 7.08. The molecule has 0 atom stereocenters. The van der Waals surface area contributed by atoms with Crippen molar-refractivity contribution in [2.24, 2.45) is 7.05 Å². The molecule has 2 rings (SSSR count). The minimum absolute atomic E-state index is 0.0102. The van der Waals surface area contributed by atoms with Crippen molar-refractivity contribution in [1.82, 2.24) is 9.55 Å².